The number of piperidine rings is 1. The average molecular weight is 694 g/mol. The van der Waals surface area contributed by atoms with Gasteiger partial charge in [0.15, 0.2) is 0 Å². The van der Waals surface area contributed by atoms with E-state index in [0.717, 1.165) is 4.90 Å². The van der Waals surface area contributed by atoms with Crippen LogP contribution in [0.15, 0.2) is 78.9 Å². The number of nitrogens with zero attached hydrogens (tertiary/aromatic N) is 2. The van der Waals surface area contributed by atoms with E-state index in [-0.39, 0.29) is 32.1 Å². The molecule has 2 aliphatic heterocycles. The Morgan fingerprint density at radius 3 is 2.08 bits per heavy atom. The standard InChI is InChI=1S/C34H33F6N3O6/c1-22(24-16-26(33(35,36)37)18-27(17-24)34(38,39)40)49-21-32(25-10-6-3-7-11-25)13-12-31(28(45)42(14-15-44)29(46)41-31)20-43(32)30(47)48-19-23-8-4-2-5-9-23/h2-11,16-18,22,44H,12-15,19-21H2,1H3,(H,41,46)/t22-,31?,32+/m1/s1. The maximum absolute atomic E-state index is 14.0. The van der Waals surface area contributed by atoms with Gasteiger partial charge in [-0.25, -0.2) is 9.59 Å². The van der Waals surface area contributed by atoms with E-state index in [1.54, 1.807) is 60.7 Å². The number of benzene rings is 3. The Morgan fingerprint density at radius 2 is 1.51 bits per heavy atom. The highest BCUT2D eigenvalue weighted by molar-refractivity contribution is 6.07. The summed E-state index contributed by atoms with van der Waals surface area (Å²) in [6.07, 6.45) is -12.4. The Bertz CT molecular complexity index is 1640. The fourth-order valence-corrected chi connectivity index (χ4v) is 6.20. The number of halogens is 6. The van der Waals surface area contributed by atoms with Gasteiger partial charge >= 0.3 is 24.5 Å². The molecule has 3 aromatic carbocycles. The van der Waals surface area contributed by atoms with Crippen molar-refractivity contribution in [1.29, 1.82) is 0 Å². The maximum atomic E-state index is 14.0. The minimum atomic E-state index is -5.07. The third-order valence-electron chi connectivity index (χ3n) is 8.87. The highest BCUT2D eigenvalue weighted by Gasteiger charge is 2.60. The minimum Gasteiger partial charge on any atom is -0.445 e. The zero-order chi connectivity index (χ0) is 35.6. The third-order valence-corrected chi connectivity index (χ3v) is 8.87. The fraction of sp³-hybridized carbons (Fsp3) is 0.382. The number of rotatable bonds is 9. The Morgan fingerprint density at radius 1 is 0.918 bits per heavy atom. The monoisotopic (exact) mass is 693 g/mol. The molecule has 2 saturated heterocycles. The summed E-state index contributed by atoms with van der Waals surface area (Å²) in [5.41, 5.74) is -5.34. The van der Waals surface area contributed by atoms with E-state index in [9.17, 15) is 45.8 Å². The molecule has 0 saturated carbocycles. The number of aliphatic hydroxyl groups is 1. The van der Waals surface area contributed by atoms with Crippen LogP contribution in [-0.4, -0.2) is 64.8 Å². The van der Waals surface area contributed by atoms with E-state index >= 15 is 0 Å². The molecule has 0 aromatic heterocycles. The topological polar surface area (TPSA) is 108 Å². The molecule has 3 aromatic rings. The van der Waals surface area contributed by atoms with Crippen molar-refractivity contribution in [3.05, 3.63) is 107 Å². The molecule has 0 aliphatic carbocycles. The summed E-state index contributed by atoms with van der Waals surface area (Å²) in [7, 11) is 0. The number of β-amino-alcohol motifs (C(OH)–C–C–N with tert-alkyl or cyclic N) is 1. The van der Waals surface area contributed by atoms with E-state index in [2.05, 4.69) is 5.32 Å². The van der Waals surface area contributed by atoms with Gasteiger partial charge in [0.1, 0.15) is 12.1 Å². The number of urea groups is 1. The SMILES string of the molecule is C[C@@H](OC[C@]1(c2ccccc2)CCC2(CN1C(=O)OCc1ccccc1)NC(=O)N(CCO)C2=O)c1cc(C(F)(F)F)cc(C(F)(F)F)c1. The van der Waals surface area contributed by atoms with Crippen molar-refractivity contribution in [3.63, 3.8) is 0 Å². The molecule has 4 amide bonds. The number of amides is 4. The van der Waals surface area contributed by atoms with Crippen LogP contribution in [0.25, 0.3) is 0 Å². The molecule has 2 N–H and O–H groups in total. The van der Waals surface area contributed by atoms with E-state index < -0.39 is 84.0 Å². The number of nitrogens with one attached hydrogen (secondary N) is 1. The summed E-state index contributed by atoms with van der Waals surface area (Å²) in [5, 5.41) is 12.1. The number of likely N-dealkylation sites (tertiary alicyclic amines) is 1. The van der Waals surface area contributed by atoms with Gasteiger partial charge < -0.3 is 19.9 Å². The molecule has 2 heterocycles. The fourth-order valence-electron chi connectivity index (χ4n) is 6.20. The first-order valence-electron chi connectivity index (χ1n) is 15.3. The first kappa shape index (κ1) is 35.7. The molecule has 0 bridgehead atoms. The summed E-state index contributed by atoms with van der Waals surface area (Å²) in [4.78, 5) is 42.5. The van der Waals surface area contributed by atoms with Crippen molar-refractivity contribution in [3.8, 4) is 0 Å². The summed E-state index contributed by atoms with van der Waals surface area (Å²) in [6.45, 7) is -0.511. The van der Waals surface area contributed by atoms with E-state index in [1.807, 2.05) is 0 Å². The van der Waals surface area contributed by atoms with Gasteiger partial charge in [0, 0.05) is 0 Å². The molecule has 1 unspecified atom stereocenters. The smallest absolute Gasteiger partial charge is 0.416 e. The van der Waals surface area contributed by atoms with Crippen LogP contribution in [0, 0.1) is 0 Å². The van der Waals surface area contributed by atoms with Crippen LogP contribution in [0.5, 0.6) is 0 Å². The van der Waals surface area contributed by atoms with Crippen LogP contribution in [0.3, 0.4) is 0 Å². The Labute approximate surface area is 277 Å². The number of carbonyl (C=O) groups excluding carboxylic acids is 3. The van der Waals surface area contributed by atoms with Crippen LogP contribution >= 0.6 is 0 Å². The van der Waals surface area contributed by atoms with Gasteiger partial charge in [-0.05, 0) is 54.7 Å². The lowest BCUT2D eigenvalue weighted by molar-refractivity contribution is -0.143. The number of imide groups is 1. The molecule has 3 atom stereocenters. The van der Waals surface area contributed by atoms with E-state index in [4.69, 9.17) is 9.47 Å². The molecule has 49 heavy (non-hydrogen) atoms. The minimum absolute atomic E-state index is 0.0275. The second-order valence-corrected chi connectivity index (χ2v) is 12.0. The lowest BCUT2D eigenvalue weighted by Gasteiger charge is -2.51. The van der Waals surface area contributed by atoms with Gasteiger partial charge in [0.25, 0.3) is 5.91 Å². The van der Waals surface area contributed by atoms with Crippen molar-refractivity contribution in [1.82, 2.24) is 15.1 Å². The normalized spacial score (nSPS) is 22.0. The lowest BCUT2D eigenvalue weighted by Crippen LogP contribution is -2.67. The first-order valence-corrected chi connectivity index (χ1v) is 15.3. The van der Waals surface area contributed by atoms with Crippen LogP contribution in [0.2, 0.25) is 0 Å². The summed E-state index contributed by atoms with van der Waals surface area (Å²) in [6, 6.07) is 17.5. The Balaban J connectivity index is 1.53. The largest absolute Gasteiger partial charge is 0.445 e. The van der Waals surface area contributed by atoms with E-state index in [1.165, 1.54) is 11.8 Å². The van der Waals surface area contributed by atoms with Gasteiger partial charge in [-0.3, -0.25) is 14.6 Å². The number of carbonyl (C=O) groups is 3. The Kier molecular flexibility index (Phi) is 9.98. The molecular formula is C34H33F6N3O6. The van der Waals surface area contributed by atoms with Gasteiger partial charge in [-0.1, -0.05) is 60.7 Å². The molecule has 2 fully saturated rings. The summed E-state index contributed by atoms with van der Waals surface area (Å²) >= 11 is 0. The summed E-state index contributed by atoms with van der Waals surface area (Å²) in [5.74, 6) is -0.674. The van der Waals surface area contributed by atoms with Gasteiger partial charge in [0.05, 0.1) is 49.1 Å². The van der Waals surface area contributed by atoms with Gasteiger partial charge in [-0.2, -0.15) is 26.3 Å². The van der Waals surface area contributed by atoms with Gasteiger partial charge in [-0.15, -0.1) is 0 Å². The lowest BCUT2D eigenvalue weighted by atomic mass is 9.74. The van der Waals surface area contributed by atoms with Crippen LogP contribution in [-0.2, 0) is 38.8 Å². The molecule has 9 nitrogen and oxygen atoms in total. The average Bonchev–Trinajstić information content (AvgIpc) is 3.30. The predicted octanol–water partition coefficient (Wildman–Crippen LogP) is 6.41. The number of hydrogen-bond donors (Lipinski definition) is 2. The first-order chi connectivity index (χ1) is 23.1. The molecule has 262 valence electrons. The second kappa shape index (κ2) is 13.7. The van der Waals surface area contributed by atoms with Crippen molar-refractivity contribution in [2.24, 2.45) is 0 Å². The maximum Gasteiger partial charge on any atom is 0.416 e. The van der Waals surface area contributed by atoms with Crippen molar-refractivity contribution in [2.75, 3.05) is 26.3 Å². The molecule has 2 aliphatic rings. The molecule has 1 spiro atoms. The van der Waals surface area contributed by atoms with Gasteiger partial charge in [0.2, 0.25) is 0 Å². The highest BCUT2D eigenvalue weighted by Crippen LogP contribution is 2.45. The quantitative estimate of drug-likeness (QED) is 0.198. The molecule has 5 rings (SSSR count). The van der Waals surface area contributed by atoms with Crippen molar-refractivity contribution in [2.45, 2.75) is 55.9 Å². The highest BCUT2D eigenvalue weighted by atomic mass is 19.4. The molecule has 15 heteroatoms. The predicted molar refractivity (Wildman–Crippen MR) is 162 cm³/mol. The van der Waals surface area contributed by atoms with Crippen LogP contribution < -0.4 is 5.32 Å². The van der Waals surface area contributed by atoms with E-state index in [0.29, 0.717) is 23.3 Å². The second-order valence-electron chi connectivity index (χ2n) is 12.0. The van der Waals surface area contributed by atoms with Crippen LogP contribution in [0.1, 0.15) is 53.7 Å². The van der Waals surface area contributed by atoms with Crippen molar-refractivity contribution < 1.29 is 55.3 Å². The number of aliphatic hydroxyl groups excluding tert-OH is 1. The molecular weight excluding hydrogens is 660 g/mol. The Hall–Kier alpha value is -4.63. The third kappa shape index (κ3) is 7.37. The number of ether oxygens (including phenoxy) is 2. The zero-order valence-electron chi connectivity index (χ0n) is 26.2. The van der Waals surface area contributed by atoms with Crippen molar-refractivity contribution >= 4 is 18.0 Å². The van der Waals surface area contributed by atoms with Crippen LogP contribution in [0.4, 0.5) is 35.9 Å². The number of hydrogen-bond acceptors (Lipinski definition) is 6. The zero-order valence-corrected chi connectivity index (χ0v) is 26.2. The summed E-state index contributed by atoms with van der Waals surface area (Å²) < 4.78 is 93.5. The number of alkyl halides is 6. The molecule has 0 radical (unpaired) electrons.